The molecule has 1 amide bonds. The molecule has 9 heteroatoms. The topological polar surface area (TPSA) is 77.8 Å². The number of nitrogens with one attached hydrogen (secondary N) is 1. The molecule has 0 radical (unpaired) electrons. The molecule has 0 aliphatic carbocycles. The van der Waals surface area contributed by atoms with Crippen molar-refractivity contribution < 1.29 is 36.7 Å². The molecule has 4 rings (SSSR count). The smallest absolute Gasteiger partial charge is 0.416 e. The number of alkyl halides is 3. The Bertz CT molecular complexity index is 1130. The van der Waals surface area contributed by atoms with Crippen LogP contribution in [-0.2, 0) is 15.7 Å². The predicted molar refractivity (Wildman–Crippen MR) is 113 cm³/mol. The van der Waals surface area contributed by atoms with E-state index >= 15 is 0 Å². The monoisotopic (exact) mass is 459 g/mol. The number of hydrogen-bond donors (Lipinski definition) is 1. The average Bonchev–Trinajstić information content (AvgIpc) is 3.50. The van der Waals surface area contributed by atoms with E-state index in [0.29, 0.717) is 17.9 Å². The van der Waals surface area contributed by atoms with Gasteiger partial charge >= 0.3 is 12.1 Å². The molecule has 0 saturated carbocycles. The van der Waals surface area contributed by atoms with Gasteiger partial charge in [0.15, 0.2) is 5.76 Å². The van der Waals surface area contributed by atoms with E-state index in [-0.39, 0.29) is 29.8 Å². The van der Waals surface area contributed by atoms with E-state index < -0.39 is 23.6 Å². The molecule has 172 valence electrons. The highest BCUT2D eigenvalue weighted by molar-refractivity contribution is 6.02. The van der Waals surface area contributed by atoms with Gasteiger partial charge in [0.1, 0.15) is 12.4 Å². The molecular formula is C24H20F3NO5. The van der Waals surface area contributed by atoms with Gasteiger partial charge in [-0.1, -0.05) is 12.1 Å². The van der Waals surface area contributed by atoms with Crippen molar-refractivity contribution in [1.82, 2.24) is 0 Å². The van der Waals surface area contributed by atoms with E-state index in [1.165, 1.54) is 48.5 Å². The van der Waals surface area contributed by atoms with E-state index in [0.717, 1.165) is 25.0 Å². The second kappa shape index (κ2) is 9.50. The van der Waals surface area contributed by atoms with Crippen LogP contribution < -0.4 is 5.32 Å². The second-order valence-electron chi connectivity index (χ2n) is 7.51. The Balaban J connectivity index is 1.37. The molecular weight excluding hydrogens is 439 g/mol. The maximum absolute atomic E-state index is 12.9. The van der Waals surface area contributed by atoms with E-state index in [1.54, 1.807) is 0 Å². The lowest BCUT2D eigenvalue weighted by Gasteiger charge is -2.10. The highest BCUT2D eigenvalue weighted by Crippen LogP contribution is 2.32. The molecule has 0 spiro atoms. The number of furan rings is 1. The summed E-state index contributed by atoms with van der Waals surface area (Å²) in [6.45, 7) is 0.873. The van der Waals surface area contributed by atoms with Crippen LogP contribution in [0.15, 0.2) is 65.1 Å². The maximum atomic E-state index is 12.9. The molecule has 33 heavy (non-hydrogen) atoms. The third kappa shape index (κ3) is 5.61. The van der Waals surface area contributed by atoms with Crippen LogP contribution in [0.1, 0.15) is 39.3 Å². The fourth-order valence-corrected chi connectivity index (χ4v) is 3.37. The number of carbonyl (C=O) groups excluding carboxylic acids is 2. The summed E-state index contributed by atoms with van der Waals surface area (Å²) in [6, 6.07) is 13.6. The lowest BCUT2D eigenvalue weighted by molar-refractivity contribution is -0.137. The second-order valence-corrected chi connectivity index (χ2v) is 7.51. The normalized spacial score (nSPS) is 15.9. The zero-order chi connectivity index (χ0) is 23.4. The van der Waals surface area contributed by atoms with E-state index in [9.17, 15) is 22.8 Å². The van der Waals surface area contributed by atoms with Crippen molar-refractivity contribution in [2.45, 2.75) is 25.1 Å². The Hall–Kier alpha value is -3.59. The van der Waals surface area contributed by atoms with Gasteiger partial charge in [-0.2, -0.15) is 13.2 Å². The number of carbonyl (C=O) groups is 2. The third-order valence-electron chi connectivity index (χ3n) is 5.11. The Morgan fingerprint density at radius 3 is 2.55 bits per heavy atom. The van der Waals surface area contributed by atoms with Crippen LogP contribution in [0.25, 0.3) is 11.3 Å². The number of anilines is 1. The van der Waals surface area contributed by atoms with Crippen LogP contribution in [-0.4, -0.2) is 31.2 Å². The average molecular weight is 459 g/mol. The molecule has 1 saturated heterocycles. The van der Waals surface area contributed by atoms with Crippen molar-refractivity contribution in [3.63, 3.8) is 0 Å². The van der Waals surface area contributed by atoms with Crippen LogP contribution in [0.2, 0.25) is 0 Å². The lowest BCUT2D eigenvalue weighted by Crippen LogP contribution is -2.18. The van der Waals surface area contributed by atoms with E-state index in [4.69, 9.17) is 13.9 Å². The minimum absolute atomic E-state index is 0.0672. The van der Waals surface area contributed by atoms with Gasteiger partial charge in [-0.3, -0.25) is 4.79 Å². The first-order valence-corrected chi connectivity index (χ1v) is 10.3. The molecule has 1 aromatic heterocycles. The quantitative estimate of drug-likeness (QED) is 0.489. The van der Waals surface area contributed by atoms with Crippen LogP contribution in [0.3, 0.4) is 0 Å². The minimum atomic E-state index is -4.48. The van der Waals surface area contributed by atoms with Crippen LogP contribution >= 0.6 is 0 Å². The van der Waals surface area contributed by atoms with Crippen LogP contribution in [0, 0.1) is 0 Å². The number of hydrogen-bond acceptors (Lipinski definition) is 5. The number of benzene rings is 2. The summed E-state index contributed by atoms with van der Waals surface area (Å²) in [7, 11) is 0. The van der Waals surface area contributed by atoms with Crippen molar-refractivity contribution in [2.75, 3.05) is 18.5 Å². The van der Waals surface area contributed by atoms with Gasteiger partial charge in [-0.15, -0.1) is 0 Å². The number of ether oxygens (including phenoxy) is 2. The Kier molecular flexibility index (Phi) is 6.50. The van der Waals surface area contributed by atoms with E-state index in [2.05, 4.69) is 5.32 Å². The summed E-state index contributed by atoms with van der Waals surface area (Å²) in [6.07, 6.45) is -2.73. The molecule has 1 aliphatic rings. The fourth-order valence-electron chi connectivity index (χ4n) is 3.37. The molecule has 0 bridgehead atoms. The SMILES string of the molecule is O=C(OCC1CCCO1)c1ccc(NC(=O)c2ccc(-c3cccc(C(F)(F)F)c3)o2)cc1. The Morgan fingerprint density at radius 2 is 1.85 bits per heavy atom. The molecule has 6 nitrogen and oxygen atoms in total. The van der Waals surface area contributed by atoms with Gasteiger partial charge in [-0.05, 0) is 61.4 Å². The van der Waals surface area contributed by atoms with Gasteiger partial charge in [0, 0.05) is 17.9 Å². The lowest BCUT2D eigenvalue weighted by atomic mass is 10.1. The first-order valence-electron chi connectivity index (χ1n) is 10.3. The van der Waals surface area contributed by atoms with E-state index in [1.807, 2.05) is 0 Å². The summed E-state index contributed by atoms with van der Waals surface area (Å²) >= 11 is 0. The summed E-state index contributed by atoms with van der Waals surface area (Å²) in [5.74, 6) is -1.000. The summed E-state index contributed by atoms with van der Waals surface area (Å²) in [4.78, 5) is 24.6. The predicted octanol–water partition coefficient (Wildman–Crippen LogP) is 5.55. The van der Waals surface area contributed by atoms with Crippen molar-refractivity contribution in [3.05, 3.63) is 77.6 Å². The summed E-state index contributed by atoms with van der Waals surface area (Å²) in [5, 5.41) is 2.62. The Morgan fingerprint density at radius 1 is 1.06 bits per heavy atom. The molecule has 1 fully saturated rings. The molecule has 1 unspecified atom stereocenters. The first kappa shape index (κ1) is 22.6. The first-order chi connectivity index (χ1) is 15.8. The Labute approximate surface area is 187 Å². The van der Waals surface area contributed by atoms with Crippen molar-refractivity contribution >= 4 is 17.6 Å². The van der Waals surface area contributed by atoms with Gasteiger partial charge in [-0.25, -0.2) is 4.79 Å². The molecule has 1 atom stereocenters. The zero-order valence-corrected chi connectivity index (χ0v) is 17.4. The van der Waals surface area contributed by atoms with Crippen molar-refractivity contribution in [1.29, 1.82) is 0 Å². The molecule has 2 aromatic carbocycles. The highest BCUT2D eigenvalue weighted by Gasteiger charge is 2.30. The van der Waals surface area contributed by atoms with Gasteiger partial charge in [0.05, 0.1) is 17.2 Å². The standard InChI is InChI=1S/C24H20F3NO5/c25-24(26,27)17-4-1-3-16(13-17)20-10-11-21(33-20)22(29)28-18-8-6-15(7-9-18)23(30)32-14-19-5-2-12-31-19/h1,3-4,6-11,13,19H,2,5,12,14H2,(H,28,29). The van der Waals surface area contributed by atoms with Gasteiger partial charge < -0.3 is 19.2 Å². The number of halogens is 3. The third-order valence-corrected chi connectivity index (χ3v) is 5.11. The molecule has 2 heterocycles. The number of amides is 1. The van der Waals surface area contributed by atoms with Crippen molar-refractivity contribution in [3.8, 4) is 11.3 Å². The minimum Gasteiger partial charge on any atom is -0.459 e. The number of rotatable bonds is 6. The van der Waals surface area contributed by atoms with Crippen molar-refractivity contribution in [2.24, 2.45) is 0 Å². The zero-order valence-electron chi connectivity index (χ0n) is 17.4. The van der Waals surface area contributed by atoms with Crippen LogP contribution in [0.5, 0.6) is 0 Å². The number of esters is 1. The highest BCUT2D eigenvalue weighted by atomic mass is 19.4. The largest absolute Gasteiger partial charge is 0.459 e. The van der Waals surface area contributed by atoms with Gasteiger partial charge in [0.25, 0.3) is 5.91 Å². The maximum Gasteiger partial charge on any atom is 0.416 e. The summed E-state index contributed by atoms with van der Waals surface area (Å²) < 4.78 is 54.9. The van der Waals surface area contributed by atoms with Crippen LogP contribution in [0.4, 0.5) is 18.9 Å². The fraction of sp³-hybridized carbons (Fsp3) is 0.250. The summed E-state index contributed by atoms with van der Waals surface area (Å²) in [5.41, 5.74) is 0.134. The molecule has 1 N–H and O–H groups in total. The molecule has 3 aromatic rings. The molecule has 1 aliphatic heterocycles. The van der Waals surface area contributed by atoms with Gasteiger partial charge in [0.2, 0.25) is 0 Å².